The third kappa shape index (κ3) is 4.05. The first-order valence-corrected chi connectivity index (χ1v) is 10.5. The molecular weight excluding hydrogens is 356 g/mol. The van der Waals surface area contributed by atoms with E-state index in [9.17, 15) is 13.2 Å². The number of rotatable bonds is 6. The number of carbonyl (C=O) groups is 1. The third-order valence-electron chi connectivity index (χ3n) is 4.61. The summed E-state index contributed by atoms with van der Waals surface area (Å²) in [6, 6.07) is 7.42. The van der Waals surface area contributed by atoms with E-state index < -0.39 is 10.0 Å². The van der Waals surface area contributed by atoms with Gasteiger partial charge in [0.25, 0.3) is 5.91 Å². The minimum atomic E-state index is -3.35. The quantitative estimate of drug-likeness (QED) is 0.798. The highest BCUT2D eigenvalue weighted by atomic mass is 32.2. The van der Waals surface area contributed by atoms with Crippen molar-refractivity contribution in [2.45, 2.75) is 18.9 Å². The Morgan fingerprint density at radius 1 is 1.35 bits per heavy atom. The summed E-state index contributed by atoms with van der Waals surface area (Å²) in [5.41, 5.74) is 1.22. The predicted molar refractivity (Wildman–Crippen MR) is 98.4 cm³/mol. The minimum absolute atomic E-state index is 0.0775. The number of para-hydroxylation sites is 1. The summed E-state index contributed by atoms with van der Waals surface area (Å²) in [5.74, 6) is -0.303. The van der Waals surface area contributed by atoms with Crippen molar-refractivity contribution in [1.82, 2.24) is 19.4 Å². The first-order valence-electron chi connectivity index (χ1n) is 8.62. The Balaban J connectivity index is 1.66. The number of ether oxygens (including phenoxy) is 1. The van der Waals surface area contributed by atoms with Gasteiger partial charge in [0.2, 0.25) is 10.0 Å². The Kier molecular flexibility index (Phi) is 5.59. The van der Waals surface area contributed by atoms with Gasteiger partial charge in [0.05, 0.1) is 11.8 Å². The van der Waals surface area contributed by atoms with Gasteiger partial charge in [-0.05, 0) is 18.9 Å². The van der Waals surface area contributed by atoms with Crippen molar-refractivity contribution < 1.29 is 17.9 Å². The van der Waals surface area contributed by atoms with E-state index in [1.54, 1.807) is 11.7 Å². The van der Waals surface area contributed by atoms with Crippen LogP contribution in [-0.4, -0.2) is 67.0 Å². The van der Waals surface area contributed by atoms with Crippen LogP contribution in [0.25, 0.3) is 10.9 Å². The van der Waals surface area contributed by atoms with Gasteiger partial charge in [-0.25, -0.2) is 8.42 Å². The smallest absolute Gasteiger partial charge is 0.272 e. The molecule has 8 nitrogen and oxygen atoms in total. The summed E-state index contributed by atoms with van der Waals surface area (Å²) in [7, 11) is -1.56. The standard InChI is InChI=1S/C17H24N4O4S/c1-20-15-6-4-3-5-14(15)16(19-20)17(22)18-9-10-21(26(2,23)24)13-7-11-25-12-8-13/h3-6,13H,7-12H2,1-2H3,(H,18,22). The Bertz CT molecular complexity index is 887. The van der Waals surface area contributed by atoms with E-state index in [0.717, 1.165) is 10.9 Å². The molecule has 0 unspecified atom stereocenters. The first kappa shape index (κ1) is 18.8. The number of amides is 1. The molecular formula is C17H24N4O4S. The second-order valence-electron chi connectivity index (χ2n) is 6.46. The number of hydrogen-bond acceptors (Lipinski definition) is 5. The lowest BCUT2D eigenvalue weighted by atomic mass is 10.1. The highest BCUT2D eigenvalue weighted by Crippen LogP contribution is 2.18. The molecule has 9 heteroatoms. The number of aromatic nitrogens is 2. The van der Waals surface area contributed by atoms with Crippen LogP contribution in [0.15, 0.2) is 24.3 Å². The largest absolute Gasteiger partial charge is 0.381 e. The molecule has 1 saturated heterocycles. The number of fused-ring (bicyclic) bond motifs is 1. The number of benzene rings is 1. The van der Waals surface area contributed by atoms with E-state index in [4.69, 9.17) is 4.74 Å². The van der Waals surface area contributed by atoms with E-state index in [2.05, 4.69) is 10.4 Å². The SMILES string of the molecule is Cn1nc(C(=O)NCCN(C2CCOCC2)S(C)(=O)=O)c2ccccc21. The second-order valence-corrected chi connectivity index (χ2v) is 8.40. The Labute approximate surface area is 153 Å². The van der Waals surface area contributed by atoms with Crippen molar-refractivity contribution in [2.24, 2.45) is 7.05 Å². The molecule has 1 aliphatic rings. The van der Waals surface area contributed by atoms with Crippen LogP contribution >= 0.6 is 0 Å². The van der Waals surface area contributed by atoms with Crippen LogP contribution in [0, 0.1) is 0 Å². The number of nitrogens with zero attached hydrogens (tertiary/aromatic N) is 3. The maximum atomic E-state index is 12.5. The molecule has 1 aliphatic heterocycles. The molecule has 1 aromatic carbocycles. The molecule has 26 heavy (non-hydrogen) atoms. The fraction of sp³-hybridized carbons (Fsp3) is 0.529. The molecule has 1 aromatic heterocycles. The van der Waals surface area contributed by atoms with Crippen LogP contribution in [0.3, 0.4) is 0 Å². The van der Waals surface area contributed by atoms with E-state index in [1.807, 2.05) is 24.3 Å². The van der Waals surface area contributed by atoms with Crippen molar-refractivity contribution in [2.75, 3.05) is 32.6 Å². The lowest BCUT2D eigenvalue weighted by molar-refractivity contribution is 0.0585. The van der Waals surface area contributed by atoms with Crippen LogP contribution in [-0.2, 0) is 21.8 Å². The third-order valence-corrected chi connectivity index (χ3v) is 5.95. The van der Waals surface area contributed by atoms with Crippen molar-refractivity contribution in [3.05, 3.63) is 30.0 Å². The normalized spacial score (nSPS) is 16.3. The number of aryl methyl sites for hydroxylation is 1. The summed E-state index contributed by atoms with van der Waals surface area (Å²) < 4.78 is 32.7. The molecule has 0 radical (unpaired) electrons. The number of hydrogen-bond donors (Lipinski definition) is 1. The van der Waals surface area contributed by atoms with Gasteiger partial charge in [-0.1, -0.05) is 18.2 Å². The fourth-order valence-corrected chi connectivity index (χ4v) is 4.51. The zero-order valence-corrected chi connectivity index (χ0v) is 15.8. The number of carbonyl (C=O) groups excluding carboxylic acids is 1. The Hall–Kier alpha value is -1.97. The molecule has 1 N–H and O–H groups in total. The molecule has 3 rings (SSSR count). The molecule has 1 fully saturated rings. The van der Waals surface area contributed by atoms with Gasteiger partial charge in [-0.3, -0.25) is 9.48 Å². The predicted octanol–water partition coefficient (Wildman–Crippen LogP) is 0.744. The zero-order valence-electron chi connectivity index (χ0n) is 15.0. The van der Waals surface area contributed by atoms with Crippen molar-refractivity contribution >= 4 is 26.8 Å². The van der Waals surface area contributed by atoms with Gasteiger partial charge < -0.3 is 10.1 Å². The summed E-state index contributed by atoms with van der Waals surface area (Å²) in [5, 5.41) is 7.85. The molecule has 0 saturated carbocycles. The topological polar surface area (TPSA) is 93.5 Å². The second kappa shape index (κ2) is 7.73. The van der Waals surface area contributed by atoms with Crippen molar-refractivity contribution in [3.63, 3.8) is 0 Å². The maximum absolute atomic E-state index is 12.5. The summed E-state index contributed by atoms with van der Waals surface area (Å²) in [4.78, 5) is 12.5. The fourth-order valence-electron chi connectivity index (χ4n) is 3.34. The van der Waals surface area contributed by atoms with E-state index in [0.29, 0.717) is 31.7 Å². The monoisotopic (exact) mass is 380 g/mol. The van der Waals surface area contributed by atoms with Gasteiger partial charge in [-0.15, -0.1) is 0 Å². The molecule has 0 spiro atoms. The molecule has 1 amide bonds. The van der Waals surface area contributed by atoms with Crippen LogP contribution in [0.2, 0.25) is 0 Å². The average molecular weight is 380 g/mol. The Morgan fingerprint density at radius 2 is 2.04 bits per heavy atom. The Morgan fingerprint density at radius 3 is 2.73 bits per heavy atom. The highest BCUT2D eigenvalue weighted by Gasteiger charge is 2.28. The van der Waals surface area contributed by atoms with E-state index in [-0.39, 0.29) is 25.0 Å². The zero-order chi connectivity index (χ0) is 18.7. The van der Waals surface area contributed by atoms with Crippen LogP contribution < -0.4 is 5.32 Å². The van der Waals surface area contributed by atoms with Crippen LogP contribution in [0.1, 0.15) is 23.3 Å². The minimum Gasteiger partial charge on any atom is -0.381 e. The van der Waals surface area contributed by atoms with Gasteiger partial charge >= 0.3 is 0 Å². The molecule has 2 aromatic rings. The van der Waals surface area contributed by atoms with Crippen LogP contribution in [0.5, 0.6) is 0 Å². The van der Waals surface area contributed by atoms with Gasteiger partial charge in [0.15, 0.2) is 5.69 Å². The number of nitrogens with one attached hydrogen (secondary N) is 1. The first-order chi connectivity index (χ1) is 12.4. The van der Waals surface area contributed by atoms with Gasteiger partial charge in [0.1, 0.15) is 0 Å². The lowest BCUT2D eigenvalue weighted by Gasteiger charge is -2.32. The molecule has 0 atom stereocenters. The summed E-state index contributed by atoms with van der Waals surface area (Å²) in [6.07, 6.45) is 2.55. The van der Waals surface area contributed by atoms with E-state index in [1.165, 1.54) is 10.6 Å². The van der Waals surface area contributed by atoms with Gasteiger partial charge in [-0.2, -0.15) is 9.40 Å². The summed E-state index contributed by atoms with van der Waals surface area (Å²) >= 11 is 0. The molecule has 142 valence electrons. The number of sulfonamides is 1. The lowest BCUT2D eigenvalue weighted by Crippen LogP contribution is -2.46. The van der Waals surface area contributed by atoms with Crippen molar-refractivity contribution in [1.29, 1.82) is 0 Å². The molecule has 0 aliphatic carbocycles. The van der Waals surface area contributed by atoms with Crippen LogP contribution in [0.4, 0.5) is 0 Å². The van der Waals surface area contributed by atoms with E-state index >= 15 is 0 Å². The maximum Gasteiger partial charge on any atom is 0.272 e. The molecule has 2 heterocycles. The molecule has 0 bridgehead atoms. The van der Waals surface area contributed by atoms with Gasteiger partial charge in [0, 0.05) is 44.8 Å². The summed E-state index contributed by atoms with van der Waals surface area (Å²) in [6.45, 7) is 1.58. The van der Waals surface area contributed by atoms with Crippen molar-refractivity contribution in [3.8, 4) is 0 Å². The average Bonchev–Trinajstić information content (AvgIpc) is 2.95. The highest BCUT2D eigenvalue weighted by molar-refractivity contribution is 7.88.